The average Bonchev–Trinajstić information content (AvgIpc) is 2.46. The summed E-state index contributed by atoms with van der Waals surface area (Å²) in [5.74, 6) is -0.536. The van der Waals surface area contributed by atoms with Crippen LogP contribution in [0.15, 0.2) is 48.8 Å². The van der Waals surface area contributed by atoms with Crippen LogP contribution < -0.4 is 16.4 Å². The van der Waals surface area contributed by atoms with Gasteiger partial charge in [0.15, 0.2) is 0 Å². The van der Waals surface area contributed by atoms with E-state index in [0.29, 0.717) is 17.8 Å². The van der Waals surface area contributed by atoms with E-state index in [1.807, 2.05) is 12.1 Å². The molecule has 0 fully saturated rings. The summed E-state index contributed by atoms with van der Waals surface area (Å²) in [4.78, 5) is 26.6. The Labute approximate surface area is 116 Å². The molecular weight excluding hydrogens is 256 g/mol. The number of benzene rings is 1. The minimum Gasteiger partial charge on any atom is -0.366 e. The third kappa shape index (κ3) is 3.81. The largest absolute Gasteiger partial charge is 0.366 e. The van der Waals surface area contributed by atoms with Crippen molar-refractivity contribution in [1.82, 2.24) is 10.3 Å². The lowest BCUT2D eigenvalue weighted by molar-refractivity contribution is 0.100. The summed E-state index contributed by atoms with van der Waals surface area (Å²) in [5.41, 5.74) is 6.97. The molecule has 1 aromatic heterocycles. The maximum Gasteiger partial charge on any atom is 0.319 e. The molecule has 0 saturated carbocycles. The van der Waals surface area contributed by atoms with Crippen LogP contribution >= 0.6 is 0 Å². The SMILES string of the molecule is NC(=O)c1cccc(NC(=O)NCc2ccncc2)c1. The number of nitrogens with two attached hydrogens (primary N) is 1. The highest BCUT2D eigenvalue weighted by molar-refractivity contribution is 5.95. The van der Waals surface area contributed by atoms with Crippen molar-refractivity contribution in [2.75, 3.05) is 5.32 Å². The van der Waals surface area contributed by atoms with Crippen molar-refractivity contribution in [3.8, 4) is 0 Å². The van der Waals surface area contributed by atoms with Crippen LogP contribution in [0.25, 0.3) is 0 Å². The van der Waals surface area contributed by atoms with Crippen LogP contribution in [0, 0.1) is 0 Å². The maximum atomic E-state index is 11.7. The molecule has 2 aromatic rings. The Balaban J connectivity index is 1.91. The van der Waals surface area contributed by atoms with Crippen molar-refractivity contribution in [1.29, 1.82) is 0 Å². The van der Waals surface area contributed by atoms with Crippen molar-refractivity contribution in [2.24, 2.45) is 5.73 Å². The summed E-state index contributed by atoms with van der Waals surface area (Å²) in [7, 11) is 0. The molecule has 0 aliphatic rings. The number of hydrogen-bond acceptors (Lipinski definition) is 3. The normalized spacial score (nSPS) is 9.80. The summed E-state index contributed by atoms with van der Waals surface area (Å²) in [5, 5.41) is 5.34. The molecule has 3 amide bonds. The lowest BCUT2D eigenvalue weighted by Gasteiger charge is -2.08. The molecule has 0 atom stereocenters. The van der Waals surface area contributed by atoms with E-state index in [0.717, 1.165) is 5.56 Å². The Morgan fingerprint density at radius 1 is 1.15 bits per heavy atom. The Bertz CT molecular complexity index is 614. The van der Waals surface area contributed by atoms with Crippen molar-refractivity contribution >= 4 is 17.6 Å². The predicted molar refractivity (Wildman–Crippen MR) is 75.1 cm³/mol. The van der Waals surface area contributed by atoms with E-state index >= 15 is 0 Å². The Morgan fingerprint density at radius 3 is 2.60 bits per heavy atom. The molecular formula is C14H14N4O2. The van der Waals surface area contributed by atoms with Gasteiger partial charge in [-0.3, -0.25) is 9.78 Å². The third-order valence-electron chi connectivity index (χ3n) is 2.61. The second kappa shape index (κ2) is 6.33. The van der Waals surface area contributed by atoms with Crippen LogP contribution in [-0.4, -0.2) is 16.9 Å². The lowest BCUT2D eigenvalue weighted by atomic mass is 10.2. The van der Waals surface area contributed by atoms with Gasteiger partial charge in [-0.25, -0.2) is 4.79 Å². The Kier molecular flexibility index (Phi) is 4.28. The molecule has 0 bridgehead atoms. The van der Waals surface area contributed by atoms with E-state index in [1.165, 1.54) is 6.07 Å². The van der Waals surface area contributed by atoms with Gasteiger partial charge in [0.2, 0.25) is 5.91 Å². The number of aromatic nitrogens is 1. The van der Waals surface area contributed by atoms with Crippen LogP contribution in [0.4, 0.5) is 10.5 Å². The first-order chi connectivity index (χ1) is 9.65. The maximum absolute atomic E-state index is 11.7. The zero-order valence-corrected chi connectivity index (χ0v) is 10.7. The second-order valence-electron chi connectivity index (χ2n) is 4.11. The number of primary amides is 1. The average molecular weight is 270 g/mol. The van der Waals surface area contributed by atoms with Gasteiger partial charge < -0.3 is 16.4 Å². The first kappa shape index (κ1) is 13.5. The number of pyridine rings is 1. The molecule has 20 heavy (non-hydrogen) atoms. The molecule has 1 heterocycles. The molecule has 0 spiro atoms. The Morgan fingerprint density at radius 2 is 1.90 bits per heavy atom. The summed E-state index contributed by atoms with van der Waals surface area (Å²) >= 11 is 0. The number of nitrogens with one attached hydrogen (secondary N) is 2. The van der Waals surface area contributed by atoms with E-state index in [2.05, 4.69) is 15.6 Å². The highest BCUT2D eigenvalue weighted by atomic mass is 16.2. The number of anilines is 1. The van der Waals surface area contributed by atoms with E-state index in [9.17, 15) is 9.59 Å². The zero-order valence-electron chi connectivity index (χ0n) is 10.7. The third-order valence-corrected chi connectivity index (χ3v) is 2.61. The van der Waals surface area contributed by atoms with E-state index in [1.54, 1.807) is 30.6 Å². The minimum absolute atomic E-state index is 0.344. The molecule has 0 aliphatic heterocycles. The minimum atomic E-state index is -0.536. The van der Waals surface area contributed by atoms with Crippen LogP contribution in [0.1, 0.15) is 15.9 Å². The van der Waals surface area contributed by atoms with Crippen LogP contribution in [0.3, 0.4) is 0 Å². The number of hydrogen-bond donors (Lipinski definition) is 3. The smallest absolute Gasteiger partial charge is 0.319 e. The van der Waals surface area contributed by atoms with Crippen molar-refractivity contribution < 1.29 is 9.59 Å². The molecule has 0 aliphatic carbocycles. The van der Waals surface area contributed by atoms with Crippen LogP contribution in [-0.2, 0) is 6.54 Å². The topological polar surface area (TPSA) is 97.1 Å². The quantitative estimate of drug-likeness (QED) is 0.785. The molecule has 4 N–H and O–H groups in total. The fraction of sp³-hybridized carbons (Fsp3) is 0.0714. The molecule has 0 radical (unpaired) electrons. The number of carbonyl (C=O) groups is 2. The summed E-state index contributed by atoms with van der Waals surface area (Å²) in [6, 6.07) is 9.71. The van der Waals surface area contributed by atoms with Gasteiger partial charge in [0.25, 0.3) is 0 Å². The molecule has 6 nitrogen and oxygen atoms in total. The van der Waals surface area contributed by atoms with Gasteiger partial charge in [0.1, 0.15) is 0 Å². The van der Waals surface area contributed by atoms with Gasteiger partial charge in [0, 0.05) is 30.2 Å². The van der Waals surface area contributed by atoms with Crippen molar-refractivity contribution in [2.45, 2.75) is 6.54 Å². The van der Waals surface area contributed by atoms with Gasteiger partial charge in [-0.2, -0.15) is 0 Å². The number of carbonyl (C=O) groups excluding carboxylic acids is 2. The predicted octanol–water partition coefficient (Wildman–Crippen LogP) is 1.50. The highest BCUT2D eigenvalue weighted by Crippen LogP contribution is 2.10. The number of urea groups is 1. The van der Waals surface area contributed by atoms with Gasteiger partial charge >= 0.3 is 6.03 Å². The van der Waals surface area contributed by atoms with E-state index in [-0.39, 0.29) is 6.03 Å². The second-order valence-corrected chi connectivity index (χ2v) is 4.11. The highest BCUT2D eigenvalue weighted by Gasteiger charge is 2.04. The van der Waals surface area contributed by atoms with E-state index < -0.39 is 5.91 Å². The standard InChI is InChI=1S/C14H14N4O2/c15-13(19)11-2-1-3-12(8-11)18-14(20)17-9-10-4-6-16-7-5-10/h1-8H,9H2,(H2,15,19)(H2,17,18,20). The van der Waals surface area contributed by atoms with Gasteiger partial charge in [-0.05, 0) is 35.9 Å². The molecule has 102 valence electrons. The number of amides is 3. The molecule has 0 unspecified atom stereocenters. The fourth-order valence-corrected chi connectivity index (χ4v) is 1.61. The monoisotopic (exact) mass is 270 g/mol. The number of rotatable bonds is 4. The summed E-state index contributed by atoms with van der Waals surface area (Å²) < 4.78 is 0. The first-order valence-electron chi connectivity index (χ1n) is 5.99. The molecule has 6 heteroatoms. The van der Waals surface area contributed by atoms with Gasteiger partial charge in [0.05, 0.1) is 0 Å². The summed E-state index contributed by atoms with van der Waals surface area (Å²) in [6.45, 7) is 0.393. The van der Waals surface area contributed by atoms with Gasteiger partial charge in [-0.1, -0.05) is 6.07 Å². The molecule has 0 saturated heterocycles. The summed E-state index contributed by atoms with van der Waals surface area (Å²) in [6.07, 6.45) is 3.32. The lowest BCUT2D eigenvalue weighted by Crippen LogP contribution is -2.28. The van der Waals surface area contributed by atoms with Crippen LogP contribution in [0.5, 0.6) is 0 Å². The zero-order chi connectivity index (χ0) is 14.4. The van der Waals surface area contributed by atoms with Gasteiger partial charge in [-0.15, -0.1) is 0 Å². The first-order valence-corrected chi connectivity index (χ1v) is 5.99. The van der Waals surface area contributed by atoms with Crippen molar-refractivity contribution in [3.63, 3.8) is 0 Å². The van der Waals surface area contributed by atoms with Crippen LogP contribution in [0.2, 0.25) is 0 Å². The fourth-order valence-electron chi connectivity index (χ4n) is 1.61. The number of nitrogens with zero attached hydrogens (tertiary/aromatic N) is 1. The molecule has 1 aromatic carbocycles. The molecule has 2 rings (SSSR count). The van der Waals surface area contributed by atoms with E-state index in [4.69, 9.17) is 5.73 Å². The van der Waals surface area contributed by atoms with Crippen molar-refractivity contribution in [3.05, 3.63) is 59.9 Å². The Hall–Kier alpha value is -2.89.